The largest absolute Gasteiger partial charge is 0.383 e. The minimum atomic E-state index is 0.555. The second kappa shape index (κ2) is 8.04. The summed E-state index contributed by atoms with van der Waals surface area (Å²) in [5.74, 6) is 0.882. The van der Waals surface area contributed by atoms with Crippen molar-refractivity contribution in [1.29, 1.82) is 0 Å². The Bertz CT molecular complexity index is 169. The van der Waals surface area contributed by atoms with Crippen molar-refractivity contribution in [3.8, 4) is 0 Å². The highest BCUT2D eigenvalue weighted by molar-refractivity contribution is 4.75. The van der Waals surface area contributed by atoms with Gasteiger partial charge in [-0.3, -0.25) is 4.90 Å². The van der Waals surface area contributed by atoms with Gasteiger partial charge in [0.15, 0.2) is 0 Å². The average molecular weight is 228 g/mol. The van der Waals surface area contributed by atoms with Gasteiger partial charge in [-0.25, -0.2) is 0 Å². The third-order valence-electron chi connectivity index (χ3n) is 3.49. The maximum atomic E-state index is 5.27. The molecule has 3 heteroatoms. The first-order chi connectivity index (χ1) is 7.77. The topological polar surface area (TPSA) is 24.5 Å². The summed E-state index contributed by atoms with van der Waals surface area (Å²) in [5, 5.41) is 3.43. The van der Waals surface area contributed by atoms with Gasteiger partial charge < -0.3 is 10.1 Å². The maximum absolute atomic E-state index is 5.27. The first-order valence-electron chi connectivity index (χ1n) is 6.71. The lowest BCUT2D eigenvalue weighted by atomic mass is 9.97. The summed E-state index contributed by atoms with van der Waals surface area (Å²) in [6, 6.07) is 0.555. The summed E-state index contributed by atoms with van der Waals surface area (Å²) in [6.45, 7) is 10.2. The molecular weight excluding hydrogens is 200 g/mol. The molecule has 0 aromatic heterocycles. The minimum Gasteiger partial charge on any atom is -0.383 e. The van der Waals surface area contributed by atoms with Crippen molar-refractivity contribution < 1.29 is 4.74 Å². The number of methoxy groups -OCH3 is 1. The SMILES string of the molecule is CCCN(CC1CCNCC1)C(C)COC. The molecule has 1 fully saturated rings. The molecule has 0 bridgehead atoms. The van der Waals surface area contributed by atoms with Crippen molar-refractivity contribution in [1.82, 2.24) is 10.2 Å². The van der Waals surface area contributed by atoms with E-state index in [4.69, 9.17) is 4.74 Å². The van der Waals surface area contributed by atoms with Gasteiger partial charge in [-0.2, -0.15) is 0 Å². The van der Waals surface area contributed by atoms with Crippen LogP contribution in [0.5, 0.6) is 0 Å². The molecule has 0 aliphatic carbocycles. The number of hydrogen-bond donors (Lipinski definition) is 1. The van der Waals surface area contributed by atoms with E-state index in [0.29, 0.717) is 6.04 Å². The maximum Gasteiger partial charge on any atom is 0.0615 e. The van der Waals surface area contributed by atoms with E-state index < -0.39 is 0 Å². The molecule has 1 unspecified atom stereocenters. The van der Waals surface area contributed by atoms with Crippen LogP contribution in [0.2, 0.25) is 0 Å². The highest BCUT2D eigenvalue weighted by atomic mass is 16.5. The Hall–Kier alpha value is -0.120. The summed E-state index contributed by atoms with van der Waals surface area (Å²) in [4.78, 5) is 2.60. The van der Waals surface area contributed by atoms with Crippen molar-refractivity contribution in [2.45, 2.75) is 39.2 Å². The normalized spacial score (nSPS) is 20.2. The van der Waals surface area contributed by atoms with Gasteiger partial charge in [0.2, 0.25) is 0 Å². The molecular formula is C13H28N2O. The van der Waals surface area contributed by atoms with Gasteiger partial charge in [-0.05, 0) is 51.7 Å². The van der Waals surface area contributed by atoms with Crippen molar-refractivity contribution in [2.24, 2.45) is 5.92 Å². The number of rotatable bonds is 7. The molecule has 1 N–H and O–H groups in total. The molecule has 0 aromatic carbocycles. The number of ether oxygens (including phenoxy) is 1. The third-order valence-corrected chi connectivity index (χ3v) is 3.49. The summed E-state index contributed by atoms with van der Waals surface area (Å²) < 4.78 is 5.27. The molecule has 1 aliphatic rings. The fraction of sp³-hybridized carbons (Fsp3) is 1.00. The molecule has 3 nitrogen and oxygen atoms in total. The van der Waals surface area contributed by atoms with E-state index in [-0.39, 0.29) is 0 Å². The van der Waals surface area contributed by atoms with Crippen LogP contribution in [-0.4, -0.2) is 50.8 Å². The van der Waals surface area contributed by atoms with Gasteiger partial charge >= 0.3 is 0 Å². The second-order valence-electron chi connectivity index (χ2n) is 4.99. The van der Waals surface area contributed by atoms with Gasteiger partial charge in [-0.15, -0.1) is 0 Å². The summed E-state index contributed by atoms with van der Waals surface area (Å²) in [7, 11) is 1.80. The minimum absolute atomic E-state index is 0.555. The Balaban J connectivity index is 2.35. The van der Waals surface area contributed by atoms with Gasteiger partial charge in [0, 0.05) is 19.7 Å². The van der Waals surface area contributed by atoms with Crippen LogP contribution in [0.4, 0.5) is 0 Å². The average Bonchev–Trinajstić information content (AvgIpc) is 2.30. The molecule has 0 aromatic rings. The van der Waals surface area contributed by atoms with Crippen LogP contribution >= 0.6 is 0 Å². The lowest BCUT2D eigenvalue weighted by molar-refractivity contribution is 0.0833. The van der Waals surface area contributed by atoms with E-state index >= 15 is 0 Å². The first-order valence-corrected chi connectivity index (χ1v) is 6.71. The molecule has 0 radical (unpaired) electrons. The fourth-order valence-corrected chi connectivity index (χ4v) is 2.52. The van der Waals surface area contributed by atoms with Crippen molar-refractivity contribution in [2.75, 3.05) is 39.9 Å². The van der Waals surface area contributed by atoms with E-state index in [1.807, 2.05) is 0 Å². The van der Waals surface area contributed by atoms with Gasteiger partial charge in [0.1, 0.15) is 0 Å². The third kappa shape index (κ3) is 4.81. The molecule has 1 aliphatic heterocycles. The molecule has 96 valence electrons. The molecule has 1 heterocycles. The van der Waals surface area contributed by atoms with Crippen LogP contribution in [0.15, 0.2) is 0 Å². The molecule has 1 saturated heterocycles. The van der Waals surface area contributed by atoms with Gasteiger partial charge in [0.05, 0.1) is 6.61 Å². The standard InChI is InChI=1S/C13H28N2O/c1-4-9-15(12(2)11-16-3)10-13-5-7-14-8-6-13/h12-14H,4-11H2,1-3H3. The lowest BCUT2D eigenvalue weighted by Gasteiger charge is -2.33. The zero-order chi connectivity index (χ0) is 11.8. The zero-order valence-corrected chi connectivity index (χ0v) is 11.2. The number of nitrogens with zero attached hydrogens (tertiary/aromatic N) is 1. The predicted octanol–water partition coefficient (Wildman–Crippen LogP) is 1.73. The lowest BCUT2D eigenvalue weighted by Crippen LogP contribution is -2.42. The zero-order valence-electron chi connectivity index (χ0n) is 11.2. The highest BCUT2D eigenvalue weighted by Crippen LogP contribution is 2.15. The molecule has 1 atom stereocenters. The second-order valence-corrected chi connectivity index (χ2v) is 4.99. The van der Waals surface area contributed by atoms with Gasteiger partial charge in [-0.1, -0.05) is 6.92 Å². The fourth-order valence-electron chi connectivity index (χ4n) is 2.52. The number of piperidine rings is 1. The molecule has 0 spiro atoms. The van der Waals surface area contributed by atoms with Crippen molar-refractivity contribution in [3.05, 3.63) is 0 Å². The van der Waals surface area contributed by atoms with Crippen LogP contribution in [0.25, 0.3) is 0 Å². The molecule has 0 amide bonds. The van der Waals surface area contributed by atoms with E-state index in [9.17, 15) is 0 Å². The van der Waals surface area contributed by atoms with Crippen LogP contribution in [0, 0.1) is 5.92 Å². The summed E-state index contributed by atoms with van der Waals surface area (Å²) >= 11 is 0. The Morgan fingerprint density at radius 1 is 1.38 bits per heavy atom. The monoisotopic (exact) mass is 228 g/mol. The van der Waals surface area contributed by atoms with Crippen molar-refractivity contribution in [3.63, 3.8) is 0 Å². The van der Waals surface area contributed by atoms with Crippen molar-refractivity contribution >= 4 is 0 Å². The van der Waals surface area contributed by atoms with E-state index in [2.05, 4.69) is 24.1 Å². The number of hydrogen-bond acceptors (Lipinski definition) is 3. The van der Waals surface area contributed by atoms with E-state index in [1.165, 1.54) is 45.4 Å². The Kier molecular flexibility index (Phi) is 7.01. The van der Waals surface area contributed by atoms with Crippen LogP contribution in [0.1, 0.15) is 33.1 Å². The van der Waals surface area contributed by atoms with Crippen LogP contribution in [0.3, 0.4) is 0 Å². The molecule has 0 saturated carbocycles. The molecule has 16 heavy (non-hydrogen) atoms. The number of nitrogens with one attached hydrogen (secondary N) is 1. The molecule has 1 rings (SSSR count). The summed E-state index contributed by atoms with van der Waals surface area (Å²) in [6.07, 6.45) is 3.90. The first kappa shape index (κ1) is 13.9. The van der Waals surface area contributed by atoms with Crippen LogP contribution < -0.4 is 5.32 Å². The van der Waals surface area contributed by atoms with Gasteiger partial charge in [0.25, 0.3) is 0 Å². The summed E-state index contributed by atoms with van der Waals surface area (Å²) in [5.41, 5.74) is 0. The quantitative estimate of drug-likeness (QED) is 0.718. The van der Waals surface area contributed by atoms with Crippen LogP contribution in [-0.2, 0) is 4.74 Å². The Labute approximate surface area is 101 Å². The smallest absolute Gasteiger partial charge is 0.0615 e. The predicted molar refractivity (Wildman–Crippen MR) is 68.8 cm³/mol. The highest BCUT2D eigenvalue weighted by Gasteiger charge is 2.19. The Morgan fingerprint density at radius 3 is 2.62 bits per heavy atom. The van der Waals surface area contributed by atoms with E-state index in [0.717, 1.165) is 12.5 Å². The Morgan fingerprint density at radius 2 is 2.06 bits per heavy atom. The van der Waals surface area contributed by atoms with E-state index in [1.54, 1.807) is 7.11 Å².